The van der Waals surface area contributed by atoms with Crippen LogP contribution in [-0.2, 0) is 7.05 Å². The van der Waals surface area contributed by atoms with Crippen molar-refractivity contribution in [2.24, 2.45) is 7.05 Å². The molecule has 0 spiro atoms. The molecule has 62 valence electrons. The zero-order chi connectivity index (χ0) is 8.72. The highest BCUT2D eigenvalue weighted by Crippen LogP contribution is 2.21. The van der Waals surface area contributed by atoms with Crippen LogP contribution in [0.3, 0.4) is 0 Å². The Morgan fingerprint density at radius 2 is 2.25 bits per heavy atom. The molecule has 1 aromatic carbocycles. The van der Waals surface area contributed by atoms with Crippen molar-refractivity contribution < 1.29 is 4.39 Å². The van der Waals surface area contributed by atoms with E-state index in [-0.39, 0.29) is 0 Å². The number of para-hydroxylation sites is 1. The van der Waals surface area contributed by atoms with E-state index in [1.54, 1.807) is 25.2 Å². The lowest BCUT2D eigenvalue weighted by Gasteiger charge is -1.96. The summed E-state index contributed by atoms with van der Waals surface area (Å²) in [6.07, 6.45) is 0. The van der Waals surface area contributed by atoms with E-state index in [1.165, 1.54) is 4.68 Å². The molecule has 0 aliphatic carbocycles. The number of nitrogens with two attached hydrogens (primary N) is 1. The third-order valence-corrected chi connectivity index (χ3v) is 1.85. The Morgan fingerprint density at radius 3 is 2.92 bits per heavy atom. The lowest BCUT2D eigenvalue weighted by atomic mass is 10.2. The summed E-state index contributed by atoms with van der Waals surface area (Å²) < 4.78 is 14.4. The first-order valence-electron chi connectivity index (χ1n) is 3.57. The van der Waals surface area contributed by atoms with Gasteiger partial charge in [0.05, 0.1) is 16.6 Å². The second-order valence-electron chi connectivity index (χ2n) is 2.66. The van der Waals surface area contributed by atoms with E-state index in [9.17, 15) is 4.39 Å². The molecule has 12 heavy (non-hydrogen) atoms. The van der Waals surface area contributed by atoms with E-state index in [4.69, 9.17) is 5.73 Å². The maximum atomic E-state index is 13.0. The van der Waals surface area contributed by atoms with E-state index in [0.29, 0.717) is 16.6 Å². The van der Waals surface area contributed by atoms with Gasteiger partial charge in [0, 0.05) is 7.05 Å². The maximum absolute atomic E-state index is 13.0. The molecule has 0 radical (unpaired) electrons. The van der Waals surface area contributed by atoms with Gasteiger partial charge in [-0.2, -0.15) is 4.39 Å². The van der Waals surface area contributed by atoms with Crippen LogP contribution in [0.15, 0.2) is 18.2 Å². The molecule has 2 N–H and O–H groups in total. The zero-order valence-electron chi connectivity index (χ0n) is 6.58. The summed E-state index contributed by atoms with van der Waals surface area (Å²) in [5, 5.41) is 4.09. The fourth-order valence-electron chi connectivity index (χ4n) is 1.32. The normalized spacial score (nSPS) is 10.8. The van der Waals surface area contributed by atoms with Gasteiger partial charge in [-0.05, 0) is 12.1 Å². The van der Waals surface area contributed by atoms with Crippen LogP contribution < -0.4 is 5.73 Å². The molecule has 4 heteroatoms. The standard InChI is InChI=1S/C8H8FN3/c1-12-7-5(8(9)11-12)3-2-4-6(7)10/h2-4H,10H2,1H3. The Kier molecular flexibility index (Phi) is 1.30. The second-order valence-corrected chi connectivity index (χ2v) is 2.66. The molecule has 3 nitrogen and oxygen atoms in total. The van der Waals surface area contributed by atoms with Crippen LogP contribution in [0.5, 0.6) is 0 Å². The first kappa shape index (κ1) is 7.09. The van der Waals surface area contributed by atoms with Gasteiger partial charge < -0.3 is 5.73 Å². The topological polar surface area (TPSA) is 43.8 Å². The predicted octanol–water partition coefficient (Wildman–Crippen LogP) is 1.29. The summed E-state index contributed by atoms with van der Waals surface area (Å²) in [4.78, 5) is 0. The van der Waals surface area contributed by atoms with Crippen molar-refractivity contribution in [2.45, 2.75) is 0 Å². The minimum Gasteiger partial charge on any atom is -0.397 e. The fourth-order valence-corrected chi connectivity index (χ4v) is 1.32. The first-order chi connectivity index (χ1) is 5.70. The van der Waals surface area contributed by atoms with E-state index in [1.807, 2.05) is 0 Å². The number of aromatic nitrogens is 2. The number of aryl methyl sites for hydroxylation is 1. The van der Waals surface area contributed by atoms with Crippen LogP contribution in [0.1, 0.15) is 0 Å². The average molecular weight is 165 g/mol. The van der Waals surface area contributed by atoms with Crippen LogP contribution >= 0.6 is 0 Å². The highest BCUT2D eigenvalue weighted by molar-refractivity contribution is 5.89. The SMILES string of the molecule is Cn1nc(F)c2cccc(N)c21. The van der Waals surface area contributed by atoms with Crippen molar-refractivity contribution in [1.29, 1.82) is 0 Å². The Bertz CT molecular complexity index is 433. The van der Waals surface area contributed by atoms with Crippen molar-refractivity contribution in [3.05, 3.63) is 24.1 Å². The van der Waals surface area contributed by atoms with Gasteiger partial charge in [0.2, 0.25) is 5.95 Å². The number of fused-ring (bicyclic) bond motifs is 1. The molecule has 0 atom stereocenters. The lowest BCUT2D eigenvalue weighted by Crippen LogP contribution is -1.94. The number of halogens is 1. The summed E-state index contributed by atoms with van der Waals surface area (Å²) in [6, 6.07) is 5.10. The summed E-state index contributed by atoms with van der Waals surface area (Å²) in [5.74, 6) is -0.472. The first-order valence-corrected chi connectivity index (χ1v) is 3.57. The second kappa shape index (κ2) is 2.20. The molecule has 0 amide bonds. The molecule has 0 saturated carbocycles. The average Bonchev–Trinajstić information content (AvgIpc) is 2.29. The van der Waals surface area contributed by atoms with E-state index < -0.39 is 5.95 Å². The highest BCUT2D eigenvalue weighted by atomic mass is 19.1. The molecule has 0 unspecified atom stereocenters. The molecule has 0 aliphatic heterocycles. The van der Waals surface area contributed by atoms with E-state index >= 15 is 0 Å². The van der Waals surface area contributed by atoms with Crippen LogP contribution in [0.2, 0.25) is 0 Å². The van der Waals surface area contributed by atoms with Crippen molar-refractivity contribution in [3.8, 4) is 0 Å². The van der Waals surface area contributed by atoms with Gasteiger partial charge in [-0.1, -0.05) is 6.07 Å². The lowest BCUT2D eigenvalue weighted by molar-refractivity contribution is 0.562. The molecule has 2 rings (SSSR count). The summed E-state index contributed by atoms with van der Waals surface area (Å²) in [5.41, 5.74) is 6.84. The van der Waals surface area contributed by atoms with Crippen LogP contribution in [0.4, 0.5) is 10.1 Å². The maximum Gasteiger partial charge on any atom is 0.240 e. The molecular formula is C8H8FN3. The highest BCUT2D eigenvalue weighted by Gasteiger charge is 2.08. The minimum absolute atomic E-state index is 0.470. The van der Waals surface area contributed by atoms with Crippen LogP contribution in [0, 0.1) is 5.95 Å². The fraction of sp³-hybridized carbons (Fsp3) is 0.125. The number of benzene rings is 1. The zero-order valence-corrected chi connectivity index (χ0v) is 6.58. The third-order valence-electron chi connectivity index (χ3n) is 1.85. The summed E-state index contributed by atoms with van der Waals surface area (Å²) in [7, 11) is 1.67. The Morgan fingerprint density at radius 1 is 1.50 bits per heavy atom. The van der Waals surface area contributed by atoms with E-state index in [0.717, 1.165) is 0 Å². The van der Waals surface area contributed by atoms with Crippen LogP contribution in [0.25, 0.3) is 10.9 Å². The number of nitrogen functional groups attached to an aromatic ring is 1. The van der Waals surface area contributed by atoms with Crippen molar-refractivity contribution >= 4 is 16.6 Å². The summed E-state index contributed by atoms with van der Waals surface area (Å²) >= 11 is 0. The quantitative estimate of drug-likeness (QED) is 0.598. The number of hydrogen-bond donors (Lipinski definition) is 1. The van der Waals surface area contributed by atoms with Crippen molar-refractivity contribution in [1.82, 2.24) is 9.78 Å². The van der Waals surface area contributed by atoms with Gasteiger partial charge in [-0.3, -0.25) is 4.68 Å². The number of rotatable bonds is 0. The molecule has 0 bridgehead atoms. The van der Waals surface area contributed by atoms with Gasteiger partial charge in [0.15, 0.2) is 0 Å². The van der Waals surface area contributed by atoms with Crippen molar-refractivity contribution in [2.75, 3.05) is 5.73 Å². The Labute approximate surface area is 68.6 Å². The monoisotopic (exact) mass is 165 g/mol. The molecule has 0 aliphatic rings. The molecule has 1 aromatic heterocycles. The molecule has 1 heterocycles. The minimum atomic E-state index is -0.472. The van der Waals surface area contributed by atoms with Gasteiger partial charge >= 0.3 is 0 Å². The third kappa shape index (κ3) is 0.777. The smallest absolute Gasteiger partial charge is 0.240 e. The number of anilines is 1. The number of nitrogens with zero attached hydrogens (tertiary/aromatic N) is 2. The predicted molar refractivity (Wildman–Crippen MR) is 45.1 cm³/mol. The van der Waals surface area contributed by atoms with Crippen molar-refractivity contribution in [3.63, 3.8) is 0 Å². The Hall–Kier alpha value is -1.58. The van der Waals surface area contributed by atoms with Gasteiger partial charge in [0.25, 0.3) is 0 Å². The Balaban J connectivity index is 2.99. The van der Waals surface area contributed by atoms with Gasteiger partial charge in [-0.15, -0.1) is 5.10 Å². The van der Waals surface area contributed by atoms with E-state index in [2.05, 4.69) is 5.10 Å². The molecule has 2 aromatic rings. The largest absolute Gasteiger partial charge is 0.397 e. The van der Waals surface area contributed by atoms with Gasteiger partial charge in [-0.25, -0.2) is 0 Å². The molecule has 0 fully saturated rings. The molecule has 0 saturated heterocycles. The van der Waals surface area contributed by atoms with Crippen LogP contribution in [-0.4, -0.2) is 9.78 Å². The van der Waals surface area contributed by atoms with Gasteiger partial charge in [0.1, 0.15) is 0 Å². The number of hydrogen-bond acceptors (Lipinski definition) is 2. The molecular weight excluding hydrogens is 157 g/mol. The summed E-state index contributed by atoms with van der Waals surface area (Å²) in [6.45, 7) is 0.